The number of nitrogens with zero attached hydrogens (tertiary/aromatic N) is 1. The highest BCUT2D eigenvalue weighted by Crippen LogP contribution is 2.43. The highest BCUT2D eigenvalue weighted by Gasteiger charge is 2.42. The Bertz CT molecular complexity index is 1050. The quantitative estimate of drug-likeness (QED) is 0.494. The highest BCUT2D eigenvalue weighted by atomic mass is 19.4. The maximum Gasteiger partial charge on any atom is 0.418 e. The van der Waals surface area contributed by atoms with Gasteiger partial charge in [-0.1, -0.05) is 37.1 Å². The van der Waals surface area contributed by atoms with Crippen LogP contribution >= 0.6 is 0 Å². The molecule has 3 atom stereocenters. The van der Waals surface area contributed by atoms with Gasteiger partial charge in [0.15, 0.2) is 6.10 Å². The van der Waals surface area contributed by atoms with E-state index in [2.05, 4.69) is 10.6 Å². The van der Waals surface area contributed by atoms with E-state index in [1.54, 1.807) is 18.2 Å². The molecule has 1 heterocycles. The van der Waals surface area contributed by atoms with Crippen LogP contribution in [0.1, 0.15) is 54.6 Å². The summed E-state index contributed by atoms with van der Waals surface area (Å²) in [4.78, 5) is 14.8. The number of amides is 2. The van der Waals surface area contributed by atoms with Crippen molar-refractivity contribution in [3.05, 3.63) is 53.1 Å². The number of rotatable bonds is 5. The van der Waals surface area contributed by atoms with Gasteiger partial charge < -0.3 is 30.5 Å². The number of ether oxygens (including phenoxy) is 1. The predicted octanol–water partition coefficient (Wildman–Crippen LogP) is 4.45. The van der Waals surface area contributed by atoms with Crippen molar-refractivity contribution in [2.24, 2.45) is 0 Å². The molecule has 0 spiro atoms. The van der Waals surface area contributed by atoms with E-state index >= 15 is 0 Å². The van der Waals surface area contributed by atoms with Gasteiger partial charge in [0.25, 0.3) is 0 Å². The van der Waals surface area contributed by atoms with Crippen LogP contribution in [0.2, 0.25) is 0 Å². The molecule has 2 aliphatic rings. The summed E-state index contributed by atoms with van der Waals surface area (Å²) in [5.74, 6) is -0.265. The summed E-state index contributed by atoms with van der Waals surface area (Å²) < 4.78 is 45.7. The molecule has 4 rings (SSSR count). The first-order valence-electron chi connectivity index (χ1n) is 11.7. The van der Waals surface area contributed by atoms with Crippen molar-refractivity contribution in [3.8, 4) is 5.75 Å². The van der Waals surface area contributed by atoms with Crippen molar-refractivity contribution < 1.29 is 32.9 Å². The Hall–Kier alpha value is -2.98. The van der Waals surface area contributed by atoms with Crippen molar-refractivity contribution in [1.82, 2.24) is 5.32 Å². The molecular formula is C25H30F3N3O4. The van der Waals surface area contributed by atoms with E-state index < -0.39 is 36.0 Å². The van der Waals surface area contributed by atoms with E-state index in [0.717, 1.165) is 36.8 Å². The molecule has 0 unspecified atom stereocenters. The fraction of sp³-hybridized carbons (Fsp3) is 0.480. The number of carbonyl (C=O) groups is 1. The van der Waals surface area contributed by atoms with Gasteiger partial charge in [0.2, 0.25) is 0 Å². The molecule has 2 aromatic rings. The lowest BCUT2D eigenvalue weighted by Crippen LogP contribution is -2.40. The standard InChI is InChI=1S/C25H30F3N3O4/c1-35-22-18(23(33)25(26,27)28)13-16(31-10-6-2-3-7-11-31)14-20(22)30-24(34)29-19-12-15-8-4-5-9-17(15)21(19)32/h4-5,8-9,13-14,19,21,23,32-33H,2-3,6-7,10-12H2,1H3,(H2,29,30,34)/t19-,21+,23-/m1/s1. The highest BCUT2D eigenvalue weighted by molar-refractivity contribution is 5.92. The third kappa shape index (κ3) is 5.48. The Morgan fingerprint density at radius 1 is 1.14 bits per heavy atom. The number of aliphatic hydroxyl groups is 2. The van der Waals surface area contributed by atoms with E-state index in [0.29, 0.717) is 25.2 Å². The molecule has 7 nitrogen and oxygen atoms in total. The molecule has 0 bridgehead atoms. The number of hydrogen-bond acceptors (Lipinski definition) is 5. The zero-order chi connectivity index (χ0) is 25.2. The van der Waals surface area contributed by atoms with E-state index in [1.165, 1.54) is 13.2 Å². The van der Waals surface area contributed by atoms with E-state index in [9.17, 15) is 28.2 Å². The largest absolute Gasteiger partial charge is 0.494 e. The van der Waals surface area contributed by atoms with Crippen LogP contribution in [-0.2, 0) is 6.42 Å². The van der Waals surface area contributed by atoms with Crippen LogP contribution in [0.25, 0.3) is 0 Å². The van der Waals surface area contributed by atoms with Crippen molar-refractivity contribution in [3.63, 3.8) is 0 Å². The fourth-order valence-electron chi connectivity index (χ4n) is 4.88. The van der Waals surface area contributed by atoms with Gasteiger partial charge in [-0.25, -0.2) is 4.79 Å². The maximum atomic E-state index is 13.5. The number of fused-ring (bicyclic) bond motifs is 1. The Morgan fingerprint density at radius 3 is 2.46 bits per heavy atom. The molecular weight excluding hydrogens is 463 g/mol. The van der Waals surface area contributed by atoms with Crippen LogP contribution < -0.4 is 20.3 Å². The minimum absolute atomic E-state index is 0.00930. The van der Waals surface area contributed by atoms with E-state index in [-0.39, 0.29) is 11.4 Å². The van der Waals surface area contributed by atoms with Gasteiger partial charge >= 0.3 is 12.2 Å². The zero-order valence-corrected chi connectivity index (χ0v) is 19.4. The van der Waals surface area contributed by atoms with Gasteiger partial charge in [0.05, 0.1) is 24.9 Å². The summed E-state index contributed by atoms with van der Waals surface area (Å²) in [5, 5.41) is 26.0. The molecule has 1 aliphatic carbocycles. The van der Waals surface area contributed by atoms with Crippen molar-refractivity contribution in [1.29, 1.82) is 0 Å². The van der Waals surface area contributed by atoms with E-state index in [4.69, 9.17) is 4.74 Å². The molecule has 1 fully saturated rings. The summed E-state index contributed by atoms with van der Waals surface area (Å²) in [7, 11) is 1.19. The predicted molar refractivity (Wildman–Crippen MR) is 126 cm³/mol. The number of nitrogens with one attached hydrogen (secondary N) is 2. The SMILES string of the molecule is COc1c(NC(=O)N[C@@H]2Cc3ccccc3[C@@H]2O)cc(N2CCCCCC2)cc1[C@@H](O)C(F)(F)F. The zero-order valence-electron chi connectivity index (χ0n) is 19.4. The van der Waals surface area contributed by atoms with Crippen molar-refractivity contribution >= 4 is 17.4 Å². The fourth-order valence-corrected chi connectivity index (χ4v) is 4.88. The first-order chi connectivity index (χ1) is 16.7. The molecule has 10 heteroatoms. The summed E-state index contributed by atoms with van der Waals surface area (Å²) in [6.45, 7) is 1.32. The van der Waals surface area contributed by atoms with Crippen LogP contribution in [0.4, 0.5) is 29.3 Å². The third-order valence-corrected chi connectivity index (χ3v) is 6.64. The number of urea groups is 1. The normalized spacial score (nSPS) is 21.1. The number of halogens is 3. The molecule has 4 N–H and O–H groups in total. The first-order valence-corrected chi connectivity index (χ1v) is 11.7. The maximum absolute atomic E-state index is 13.5. The molecule has 2 aromatic carbocycles. The van der Waals surface area contributed by atoms with Gasteiger partial charge in [0.1, 0.15) is 5.75 Å². The minimum Gasteiger partial charge on any atom is -0.494 e. The monoisotopic (exact) mass is 493 g/mol. The van der Waals surface area contributed by atoms with Crippen LogP contribution in [0.5, 0.6) is 5.75 Å². The lowest BCUT2D eigenvalue weighted by atomic mass is 10.0. The molecule has 1 aliphatic heterocycles. The molecule has 35 heavy (non-hydrogen) atoms. The Balaban J connectivity index is 1.62. The summed E-state index contributed by atoms with van der Waals surface area (Å²) >= 11 is 0. The summed E-state index contributed by atoms with van der Waals surface area (Å²) in [5.41, 5.74) is 1.66. The molecule has 0 aromatic heterocycles. The van der Waals surface area contributed by atoms with Crippen LogP contribution in [-0.4, -0.2) is 48.7 Å². The Labute approximate surface area is 201 Å². The molecule has 1 saturated heterocycles. The molecule has 0 radical (unpaired) electrons. The van der Waals surface area contributed by atoms with Gasteiger partial charge in [0, 0.05) is 24.3 Å². The second-order valence-corrected chi connectivity index (χ2v) is 9.01. The first kappa shape index (κ1) is 25.1. The van der Waals surface area contributed by atoms with Gasteiger partial charge in [-0.15, -0.1) is 0 Å². The average molecular weight is 494 g/mol. The van der Waals surface area contributed by atoms with Gasteiger partial charge in [-0.05, 0) is 42.5 Å². The Kier molecular flexibility index (Phi) is 7.42. The lowest BCUT2D eigenvalue weighted by molar-refractivity contribution is -0.207. The number of alkyl halides is 3. The van der Waals surface area contributed by atoms with Crippen molar-refractivity contribution in [2.45, 2.75) is 56.5 Å². The van der Waals surface area contributed by atoms with Crippen molar-refractivity contribution in [2.75, 3.05) is 30.4 Å². The lowest BCUT2D eigenvalue weighted by Gasteiger charge is -2.27. The average Bonchev–Trinajstić information content (AvgIpc) is 2.98. The molecule has 0 saturated carbocycles. The second kappa shape index (κ2) is 10.3. The Morgan fingerprint density at radius 2 is 1.83 bits per heavy atom. The van der Waals surface area contributed by atoms with Crippen LogP contribution in [0, 0.1) is 0 Å². The van der Waals surface area contributed by atoms with Crippen LogP contribution in [0.3, 0.4) is 0 Å². The number of methoxy groups -OCH3 is 1. The van der Waals surface area contributed by atoms with Gasteiger partial charge in [-0.3, -0.25) is 0 Å². The molecule has 2 amide bonds. The smallest absolute Gasteiger partial charge is 0.418 e. The summed E-state index contributed by atoms with van der Waals surface area (Å²) in [6, 6.07) is 8.87. The molecule has 190 valence electrons. The summed E-state index contributed by atoms with van der Waals surface area (Å²) in [6.07, 6.45) is -4.31. The second-order valence-electron chi connectivity index (χ2n) is 9.01. The number of anilines is 2. The topological polar surface area (TPSA) is 94.1 Å². The number of hydrogen-bond donors (Lipinski definition) is 4. The number of carbonyl (C=O) groups excluding carboxylic acids is 1. The minimum atomic E-state index is -4.91. The van der Waals surface area contributed by atoms with Crippen LogP contribution in [0.15, 0.2) is 36.4 Å². The third-order valence-electron chi connectivity index (χ3n) is 6.64. The van der Waals surface area contributed by atoms with E-state index in [1.807, 2.05) is 17.0 Å². The number of aliphatic hydroxyl groups excluding tert-OH is 2. The van der Waals surface area contributed by atoms with Gasteiger partial charge in [-0.2, -0.15) is 13.2 Å². The number of benzene rings is 2.